The lowest BCUT2D eigenvalue weighted by molar-refractivity contribution is -0.136. The largest absolute Gasteiger partial charge is 0.489 e. The summed E-state index contributed by atoms with van der Waals surface area (Å²) in [7, 11) is 0. The van der Waals surface area contributed by atoms with E-state index in [0.29, 0.717) is 24.5 Å². The average molecular weight is 410 g/mol. The van der Waals surface area contributed by atoms with Crippen molar-refractivity contribution in [2.75, 3.05) is 6.61 Å². The topological polar surface area (TPSA) is 70.3 Å². The Morgan fingerprint density at radius 2 is 1.90 bits per heavy atom. The lowest BCUT2D eigenvalue weighted by Crippen LogP contribution is -2.05. The van der Waals surface area contributed by atoms with Gasteiger partial charge in [-0.2, -0.15) is 5.26 Å². The van der Waals surface area contributed by atoms with E-state index >= 15 is 0 Å². The normalized spacial score (nSPS) is 16.0. The number of ether oxygens (including phenoxy) is 1. The SMILES string of the molecule is Cc1c(CCC(=O)O)ccc(OCC2=C(c3ccc(Cl)cc3)CC(C#N)C2)c1C. The number of halogens is 1. The first-order valence-corrected chi connectivity index (χ1v) is 10.1. The Bertz CT molecular complexity index is 986. The van der Waals surface area contributed by atoms with Gasteiger partial charge in [0.25, 0.3) is 0 Å². The Morgan fingerprint density at radius 3 is 2.55 bits per heavy atom. The predicted molar refractivity (Wildman–Crippen MR) is 114 cm³/mol. The Balaban J connectivity index is 1.79. The fraction of sp³-hybridized carbons (Fsp3) is 0.333. The summed E-state index contributed by atoms with van der Waals surface area (Å²) in [6, 6.07) is 14.0. The molecule has 2 aromatic rings. The Morgan fingerprint density at radius 1 is 1.17 bits per heavy atom. The van der Waals surface area contributed by atoms with Crippen LogP contribution in [0.2, 0.25) is 5.02 Å². The maximum atomic E-state index is 10.8. The minimum atomic E-state index is -0.794. The lowest BCUT2D eigenvalue weighted by atomic mass is 9.99. The Hall–Kier alpha value is -2.77. The molecular weight excluding hydrogens is 386 g/mol. The van der Waals surface area contributed by atoms with Gasteiger partial charge in [0.1, 0.15) is 12.4 Å². The number of rotatable bonds is 7. The zero-order valence-corrected chi connectivity index (χ0v) is 17.4. The number of carboxylic acids is 1. The van der Waals surface area contributed by atoms with Crippen LogP contribution in [0.15, 0.2) is 42.0 Å². The number of allylic oxidation sites excluding steroid dienone is 1. The molecule has 1 unspecified atom stereocenters. The monoisotopic (exact) mass is 409 g/mol. The number of aryl methyl sites for hydroxylation is 1. The highest BCUT2D eigenvalue weighted by Gasteiger charge is 2.25. The summed E-state index contributed by atoms with van der Waals surface area (Å²) in [5.74, 6) is -0.0252. The molecule has 1 aliphatic rings. The molecule has 0 aromatic heterocycles. The van der Waals surface area contributed by atoms with E-state index in [-0.39, 0.29) is 12.3 Å². The van der Waals surface area contributed by atoms with Crippen molar-refractivity contribution < 1.29 is 14.6 Å². The Labute approximate surface area is 176 Å². The van der Waals surface area contributed by atoms with Crippen LogP contribution in [0.1, 0.15) is 41.5 Å². The fourth-order valence-electron chi connectivity index (χ4n) is 3.78. The molecule has 0 heterocycles. The number of aliphatic carboxylic acids is 1. The van der Waals surface area contributed by atoms with Crippen molar-refractivity contribution in [3.8, 4) is 11.8 Å². The van der Waals surface area contributed by atoms with Crippen LogP contribution in [-0.4, -0.2) is 17.7 Å². The van der Waals surface area contributed by atoms with Gasteiger partial charge in [0.15, 0.2) is 0 Å². The molecule has 1 aliphatic carbocycles. The molecule has 29 heavy (non-hydrogen) atoms. The van der Waals surface area contributed by atoms with E-state index in [9.17, 15) is 10.1 Å². The van der Waals surface area contributed by atoms with Crippen LogP contribution < -0.4 is 4.74 Å². The van der Waals surface area contributed by atoms with Crippen molar-refractivity contribution in [3.63, 3.8) is 0 Å². The molecule has 2 aromatic carbocycles. The van der Waals surface area contributed by atoms with Crippen molar-refractivity contribution in [2.24, 2.45) is 5.92 Å². The summed E-state index contributed by atoms with van der Waals surface area (Å²) in [4.78, 5) is 10.8. The van der Waals surface area contributed by atoms with Crippen molar-refractivity contribution in [1.29, 1.82) is 5.26 Å². The minimum Gasteiger partial charge on any atom is -0.489 e. The van der Waals surface area contributed by atoms with Crippen molar-refractivity contribution in [1.82, 2.24) is 0 Å². The van der Waals surface area contributed by atoms with Gasteiger partial charge in [0.2, 0.25) is 0 Å². The zero-order valence-electron chi connectivity index (χ0n) is 16.7. The molecular formula is C24H24ClNO3. The number of carbonyl (C=O) groups is 1. The van der Waals surface area contributed by atoms with Crippen LogP contribution >= 0.6 is 11.6 Å². The Kier molecular flexibility index (Phi) is 6.61. The molecule has 1 atom stereocenters. The summed E-state index contributed by atoms with van der Waals surface area (Å²) in [5.41, 5.74) is 6.52. The van der Waals surface area contributed by atoms with E-state index in [2.05, 4.69) is 6.07 Å². The maximum Gasteiger partial charge on any atom is 0.303 e. The molecule has 0 spiro atoms. The van der Waals surface area contributed by atoms with Crippen molar-refractivity contribution in [2.45, 2.75) is 39.5 Å². The van der Waals surface area contributed by atoms with E-state index in [1.165, 1.54) is 5.57 Å². The first kappa shape index (κ1) is 21.0. The van der Waals surface area contributed by atoms with Crippen molar-refractivity contribution in [3.05, 3.63) is 69.2 Å². The van der Waals surface area contributed by atoms with Gasteiger partial charge < -0.3 is 9.84 Å². The van der Waals surface area contributed by atoms with Gasteiger partial charge >= 0.3 is 5.97 Å². The van der Waals surface area contributed by atoms with Crippen LogP contribution in [0.4, 0.5) is 0 Å². The molecule has 1 N–H and O–H groups in total. The number of nitrogens with zero attached hydrogens (tertiary/aromatic N) is 1. The molecule has 0 bridgehead atoms. The van der Waals surface area contributed by atoms with Gasteiger partial charge in [-0.15, -0.1) is 0 Å². The summed E-state index contributed by atoms with van der Waals surface area (Å²) in [5, 5.41) is 19.0. The smallest absolute Gasteiger partial charge is 0.303 e. The standard InChI is InChI=1S/C24H24ClNO3/c1-15-16(2)23(9-5-18(15)6-10-24(27)28)29-14-20-11-17(13-26)12-22(20)19-3-7-21(25)8-4-19/h3-5,7-9,17H,6,10-12,14H2,1-2H3,(H,27,28). The second kappa shape index (κ2) is 9.15. The third-order valence-corrected chi connectivity index (χ3v) is 5.86. The van der Waals surface area contributed by atoms with Crippen LogP contribution in [0.25, 0.3) is 5.57 Å². The quantitative estimate of drug-likeness (QED) is 0.632. The summed E-state index contributed by atoms with van der Waals surface area (Å²) >= 11 is 6.01. The fourth-order valence-corrected chi connectivity index (χ4v) is 3.91. The number of nitriles is 1. The lowest BCUT2D eigenvalue weighted by Gasteiger charge is -2.15. The first-order chi connectivity index (χ1) is 13.9. The second-order valence-corrected chi connectivity index (χ2v) is 7.91. The second-order valence-electron chi connectivity index (χ2n) is 7.48. The first-order valence-electron chi connectivity index (χ1n) is 9.69. The van der Waals surface area contributed by atoms with Gasteiger partial charge in [-0.3, -0.25) is 4.79 Å². The summed E-state index contributed by atoms with van der Waals surface area (Å²) in [6.45, 7) is 4.43. The molecule has 0 saturated heterocycles. The molecule has 5 heteroatoms. The molecule has 150 valence electrons. The average Bonchev–Trinajstić information content (AvgIpc) is 3.12. The number of carboxylic acid groups (broad SMARTS) is 1. The van der Waals surface area contributed by atoms with E-state index in [1.807, 2.05) is 50.2 Å². The van der Waals surface area contributed by atoms with Crippen LogP contribution in [0, 0.1) is 31.1 Å². The van der Waals surface area contributed by atoms with E-state index in [1.54, 1.807) is 0 Å². The molecule has 4 nitrogen and oxygen atoms in total. The molecule has 0 fully saturated rings. The van der Waals surface area contributed by atoms with Crippen molar-refractivity contribution >= 4 is 23.1 Å². The van der Waals surface area contributed by atoms with Gasteiger partial charge in [0, 0.05) is 11.4 Å². The number of benzene rings is 2. The zero-order chi connectivity index (χ0) is 21.0. The van der Waals surface area contributed by atoms with Gasteiger partial charge in [0.05, 0.1) is 12.0 Å². The van der Waals surface area contributed by atoms with E-state index in [4.69, 9.17) is 21.4 Å². The molecule has 0 radical (unpaired) electrons. The number of hydrogen-bond acceptors (Lipinski definition) is 3. The number of hydrogen-bond donors (Lipinski definition) is 1. The molecule has 0 aliphatic heterocycles. The van der Waals surface area contributed by atoms with Crippen LogP contribution in [0.5, 0.6) is 5.75 Å². The summed E-state index contributed by atoms with van der Waals surface area (Å²) < 4.78 is 6.14. The highest BCUT2D eigenvalue weighted by atomic mass is 35.5. The third kappa shape index (κ3) is 4.99. The van der Waals surface area contributed by atoms with E-state index in [0.717, 1.165) is 40.0 Å². The molecule has 0 saturated carbocycles. The summed E-state index contributed by atoms with van der Waals surface area (Å²) in [6.07, 6.45) is 2.07. The highest BCUT2D eigenvalue weighted by molar-refractivity contribution is 6.30. The van der Waals surface area contributed by atoms with Crippen LogP contribution in [0.3, 0.4) is 0 Å². The maximum absolute atomic E-state index is 10.8. The predicted octanol–water partition coefficient (Wildman–Crippen LogP) is 5.74. The third-order valence-electron chi connectivity index (χ3n) is 5.61. The van der Waals surface area contributed by atoms with Gasteiger partial charge in [-0.1, -0.05) is 29.8 Å². The highest BCUT2D eigenvalue weighted by Crippen LogP contribution is 2.38. The van der Waals surface area contributed by atoms with Gasteiger partial charge in [-0.25, -0.2) is 0 Å². The van der Waals surface area contributed by atoms with Crippen LogP contribution in [-0.2, 0) is 11.2 Å². The molecule has 3 rings (SSSR count). The molecule has 0 amide bonds. The van der Waals surface area contributed by atoms with Gasteiger partial charge in [-0.05, 0) is 84.7 Å². The van der Waals surface area contributed by atoms with E-state index < -0.39 is 5.97 Å². The minimum absolute atomic E-state index is 0.0273.